The molecule has 0 aliphatic rings. The Morgan fingerprint density at radius 2 is 2.05 bits per heavy atom. The van der Waals surface area contributed by atoms with Crippen molar-refractivity contribution in [1.82, 2.24) is 9.55 Å². The highest BCUT2D eigenvalue weighted by Crippen LogP contribution is 2.26. The van der Waals surface area contributed by atoms with Crippen molar-refractivity contribution >= 4 is 45.2 Å². The van der Waals surface area contributed by atoms with E-state index in [1.54, 1.807) is 0 Å². The molecule has 5 heteroatoms. The summed E-state index contributed by atoms with van der Waals surface area (Å²) in [4.78, 5) is 4.70. The van der Waals surface area contributed by atoms with Gasteiger partial charge in [-0.1, -0.05) is 0 Å². The van der Waals surface area contributed by atoms with Crippen molar-refractivity contribution in [1.29, 1.82) is 0 Å². The molecule has 116 valence electrons. The van der Waals surface area contributed by atoms with Gasteiger partial charge in [0.1, 0.15) is 5.82 Å². The molecule has 0 saturated carbocycles. The van der Waals surface area contributed by atoms with Crippen molar-refractivity contribution in [3.05, 3.63) is 27.6 Å². The van der Waals surface area contributed by atoms with Gasteiger partial charge in [0, 0.05) is 16.7 Å². The Morgan fingerprint density at radius 3 is 2.71 bits per heavy atom. The molecule has 0 aliphatic heterocycles. The monoisotopic (exact) mass is 420 g/mol. The van der Waals surface area contributed by atoms with Gasteiger partial charge in [-0.2, -0.15) is 0 Å². The quantitative estimate of drug-likeness (QED) is 0.352. The first-order chi connectivity index (χ1) is 9.99. The fourth-order valence-corrected chi connectivity index (χ4v) is 2.99. The highest BCUT2D eigenvalue weighted by molar-refractivity contribution is 14.1. The SMILES string of the molecule is CC(C)OCCCCn1c(C(C)Cl)nc2cc(I)ccc21. The van der Waals surface area contributed by atoms with Gasteiger partial charge in [-0.05, 0) is 74.4 Å². The lowest BCUT2D eigenvalue weighted by Gasteiger charge is -2.11. The van der Waals surface area contributed by atoms with Crippen LogP contribution in [0.4, 0.5) is 0 Å². The number of hydrogen-bond donors (Lipinski definition) is 0. The molecule has 21 heavy (non-hydrogen) atoms. The summed E-state index contributed by atoms with van der Waals surface area (Å²) in [6, 6.07) is 6.36. The number of aryl methyl sites for hydroxylation is 1. The number of halogens is 2. The maximum atomic E-state index is 6.29. The van der Waals surface area contributed by atoms with Crippen LogP contribution in [-0.2, 0) is 11.3 Å². The average molecular weight is 421 g/mol. The van der Waals surface area contributed by atoms with Crippen molar-refractivity contribution < 1.29 is 4.74 Å². The van der Waals surface area contributed by atoms with Crippen molar-refractivity contribution in [2.45, 2.75) is 51.6 Å². The zero-order valence-corrected chi connectivity index (χ0v) is 15.7. The number of benzene rings is 1. The van der Waals surface area contributed by atoms with Crippen molar-refractivity contribution in [3.8, 4) is 0 Å². The molecule has 0 aliphatic carbocycles. The molecule has 2 rings (SSSR count). The smallest absolute Gasteiger partial charge is 0.127 e. The Kier molecular flexibility index (Phi) is 6.32. The molecule has 0 saturated heterocycles. The largest absolute Gasteiger partial charge is 0.379 e. The number of ether oxygens (including phenoxy) is 1. The third-order valence-corrected chi connectivity index (χ3v) is 4.19. The van der Waals surface area contributed by atoms with Crippen LogP contribution in [0.25, 0.3) is 11.0 Å². The molecule has 0 radical (unpaired) electrons. The Balaban J connectivity index is 2.11. The van der Waals surface area contributed by atoms with Crippen molar-refractivity contribution in [2.75, 3.05) is 6.61 Å². The van der Waals surface area contributed by atoms with Crippen LogP contribution in [0.5, 0.6) is 0 Å². The Bertz CT molecular complexity index is 595. The first kappa shape index (κ1) is 17.0. The minimum absolute atomic E-state index is 0.0815. The van der Waals surface area contributed by atoms with E-state index in [9.17, 15) is 0 Å². The van der Waals surface area contributed by atoms with Crippen LogP contribution < -0.4 is 0 Å². The molecule has 1 heterocycles. The van der Waals surface area contributed by atoms with Gasteiger partial charge in [0.15, 0.2) is 0 Å². The van der Waals surface area contributed by atoms with Crippen molar-refractivity contribution in [3.63, 3.8) is 0 Å². The van der Waals surface area contributed by atoms with E-state index >= 15 is 0 Å². The maximum Gasteiger partial charge on any atom is 0.127 e. The van der Waals surface area contributed by atoms with Gasteiger partial charge in [0.2, 0.25) is 0 Å². The first-order valence-corrected chi connectivity index (χ1v) is 8.92. The molecule has 1 unspecified atom stereocenters. The minimum Gasteiger partial charge on any atom is -0.379 e. The predicted molar refractivity (Wildman–Crippen MR) is 97.0 cm³/mol. The second-order valence-electron chi connectivity index (χ2n) is 5.50. The van der Waals surface area contributed by atoms with Gasteiger partial charge in [-0.25, -0.2) is 4.98 Å². The van der Waals surface area contributed by atoms with Crippen molar-refractivity contribution in [2.24, 2.45) is 0 Å². The second-order valence-corrected chi connectivity index (χ2v) is 7.40. The third kappa shape index (κ3) is 4.57. The zero-order valence-electron chi connectivity index (χ0n) is 12.8. The zero-order chi connectivity index (χ0) is 15.4. The highest BCUT2D eigenvalue weighted by Gasteiger charge is 2.14. The molecule has 0 fully saturated rings. The van der Waals surface area contributed by atoms with Crippen LogP contribution in [0.2, 0.25) is 0 Å². The fourth-order valence-electron chi connectivity index (χ4n) is 2.35. The van der Waals surface area contributed by atoms with Crippen LogP contribution in [0, 0.1) is 3.57 Å². The number of fused-ring (bicyclic) bond motifs is 1. The standard InChI is InChI=1S/C16H22ClIN2O/c1-11(2)21-9-5-4-8-20-15-7-6-13(18)10-14(15)19-16(20)12(3)17/h6-7,10-12H,4-5,8-9H2,1-3H3. The summed E-state index contributed by atoms with van der Waals surface area (Å²) in [5.74, 6) is 0.957. The molecule has 0 amide bonds. The Labute approximate surface area is 145 Å². The number of imidazole rings is 1. The molecule has 0 bridgehead atoms. The van der Waals surface area contributed by atoms with Gasteiger partial charge >= 0.3 is 0 Å². The summed E-state index contributed by atoms with van der Waals surface area (Å²) in [5.41, 5.74) is 2.20. The van der Waals surface area contributed by atoms with Crippen LogP contribution in [0.1, 0.15) is 44.8 Å². The van der Waals surface area contributed by atoms with E-state index in [1.807, 2.05) is 6.92 Å². The fraction of sp³-hybridized carbons (Fsp3) is 0.562. The molecule has 0 N–H and O–H groups in total. The van der Waals surface area contributed by atoms with Gasteiger partial charge in [0.05, 0.1) is 22.5 Å². The molecule has 1 atom stereocenters. The second kappa shape index (κ2) is 7.79. The van der Waals surface area contributed by atoms with Crippen LogP contribution in [0.3, 0.4) is 0 Å². The molecule has 1 aromatic heterocycles. The number of alkyl halides is 1. The minimum atomic E-state index is -0.0815. The molecule has 0 spiro atoms. The number of unbranched alkanes of at least 4 members (excludes halogenated alkanes) is 1. The van der Waals surface area contributed by atoms with Gasteiger partial charge < -0.3 is 9.30 Å². The third-order valence-electron chi connectivity index (χ3n) is 3.32. The van der Waals surface area contributed by atoms with E-state index in [2.05, 4.69) is 59.2 Å². The normalized spacial score (nSPS) is 13.2. The van der Waals surface area contributed by atoms with E-state index in [1.165, 1.54) is 9.09 Å². The van der Waals surface area contributed by atoms with Gasteiger partial charge in [0.25, 0.3) is 0 Å². The summed E-state index contributed by atoms with van der Waals surface area (Å²) in [7, 11) is 0. The first-order valence-electron chi connectivity index (χ1n) is 7.40. The van der Waals surface area contributed by atoms with Crippen LogP contribution >= 0.6 is 34.2 Å². The Hall–Kier alpha value is -0.330. The summed E-state index contributed by atoms with van der Waals surface area (Å²) in [6.07, 6.45) is 2.43. The summed E-state index contributed by atoms with van der Waals surface area (Å²) >= 11 is 8.60. The van der Waals surface area contributed by atoms with Gasteiger partial charge in [-0.3, -0.25) is 0 Å². The lowest BCUT2D eigenvalue weighted by molar-refractivity contribution is 0.0754. The Morgan fingerprint density at radius 1 is 1.29 bits per heavy atom. The topological polar surface area (TPSA) is 27.1 Å². The molecular formula is C16H22ClIN2O. The van der Waals surface area contributed by atoms with E-state index in [0.29, 0.717) is 6.10 Å². The number of rotatable bonds is 7. The number of hydrogen-bond acceptors (Lipinski definition) is 2. The summed E-state index contributed by atoms with van der Waals surface area (Å²) in [6.45, 7) is 7.86. The van der Waals surface area contributed by atoms with E-state index < -0.39 is 0 Å². The maximum absolute atomic E-state index is 6.29. The van der Waals surface area contributed by atoms with E-state index in [4.69, 9.17) is 21.3 Å². The summed E-state index contributed by atoms with van der Waals surface area (Å²) < 4.78 is 9.04. The summed E-state index contributed by atoms with van der Waals surface area (Å²) in [5, 5.41) is -0.0815. The predicted octanol–water partition coefficient (Wildman–Crippen LogP) is 5.15. The average Bonchev–Trinajstić information content (AvgIpc) is 2.76. The van der Waals surface area contributed by atoms with E-state index in [0.717, 1.165) is 37.3 Å². The number of nitrogens with zero attached hydrogens (tertiary/aromatic N) is 2. The molecule has 1 aromatic carbocycles. The lowest BCUT2D eigenvalue weighted by atomic mass is 10.3. The van der Waals surface area contributed by atoms with Gasteiger partial charge in [-0.15, -0.1) is 11.6 Å². The molecule has 3 nitrogen and oxygen atoms in total. The van der Waals surface area contributed by atoms with Crippen LogP contribution in [-0.4, -0.2) is 22.3 Å². The highest BCUT2D eigenvalue weighted by atomic mass is 127. The van der Waals surface area contributed by atoms with Crippen LogP contribution in [0.15, 0.2) is 18.2 Å². The lowest BCUT2D eigenvalue weighted by Crippen LogP contribution is -2.07. The molecular weight excluding hydrogens is 399 g/mol. The molecule has 2 aromatic rings. The number of aromatic nitrogens is 2. The van der Waals surface area contributed by atoms with E-state index in [-0.39, 0.29) is 5.38 Å².